The third-order valence-corrected chi connectivity index (χ3v) is 5.74. The van der Waals surface area contributed by atoms with E-state index in [0.717, 1.165) is 23.1 Å². The van der Waals surface area contributed by atoms with Crippen molar-refractivity contribution >= 4 is 12.4 Å². The predicted molar refractivity (Wildman–Crippen MR) is 116 cm³/mol. The molecule has 0 saturated carbocycles. The van der Waals surface area contributed by atoms with Gasteiger partial charge in [0.2, 0.25) is 6.79 Å². The first-order valence-electron chi connectivity index (χ1n) is 10.5. The molecule has 9 nitrogen and oxygen atoms in total. The number of ether oxygens (including phenoxy) is 3. The van der Waals surface area contributed by atoms with E-state index in [1.165, 1.54) is 23.3 Å². The van der Waals surface area contributed by atoms with Gasteiger partial charge in [-0.3, -0.25) is 9.59 Å². The molecule has 2 aliphatic rings. The van der Waals surface area contributed by atoms with Crippen molar-refractivity contribution in [2.45, 2.75) is 25.4 Å². The Kier molecular flexibility index (Phi) is 6.64. The molecule has 0 radical (unpaired) electrons. The van der Waals surface area contributed by atoms with Crippen LogP contribution in [0.4, 0.5) is 4.39 Å². The molecule has 1 amide bonds. The molecule has 0 aromatic heterocycles. The third kappa shape index (κ3) is 5.17. The first kappa shape index (κ1) is 22.4. The van der Waals surface area contributed by atoms with Crippen molar-refractivity contribution in [1.29, 1.82) is 0 Å². The van der Waals surface area contributed by atoms with E-state index in [1.807, 2.05) is 12.1 Å². The van der Waals surface area contributed by atoms with Crippen molar-refractivity contribution in [3.63, 3.8) is 0 Å². The van der Waals surface area contributed by atoms with Crippen molar-refractivity contribution in [1.82, 2.24) is 10.3 Å². The van der Waals surface area contributed by atoms with Gasteiger partial charge in [-0.05, 0) is 53.8 Å². The summed E-state index contributed by atoms with van der Waals surface area (Å²) in [5, 5.41) is 4.20. The maximum Gasteiger partial charge on any atom is 0.293 e. The number of halogens is 1. The zero-order chi connectivity index (χ0) is 23.4. The molecule has 10 heteroatoms. The number of fused-ring (bicyclic) bond motifs is 2. The van der Waals surface area contributed by atoms with E-state index in [4.69, 9.17) is 25.8 Å². The number of carbonyl (C=O) groups is 2. The smallest absolute Gasteiger partial charge is 0.293 e. The van der Waals surface area contributed by atoms with Crippen LogP contribution in [0.3, 0.4) is 0 Å². The molecule has 2 unspecified atom stereocenters. The molecule has 0 bridgehead atoms. The van der Waals surface area contributed by atoms with Crippen LogP contribution in [0.2, 0.25) is 0 Å². The summed E-state index contributed by atoms with van der Waals surface area (Å²) in [6.45, 7) is 0.923. The standard InChI is InChI=1S/C23H25FN4O5/c24-17-5-1-14(2-6-17)9-28(26)10-19(25)23(30)27-22-16(11-31-12-29)4-3-15-7-20-21(8-18(15)22)33-13-32-20/h1-2,5-8,10,12,16,22H,3-4,9,11,13,25-26H2,(H,27,30)/b19-10-. The molecule has 174 valence electrons. The minimum Gasteiger partial charge on any atom is -0.468 e. The zero-order valence-electron chi connectivity index (χ0n) is 17.8. The highest BCUT2D eigenvalue weighted by molar-refractivity contribution is 5.92. The van der Waals surface area contributed by atoms with Crippen LogP contribution in [0.25, 0.3) is 0 Å². The number of carbonyl (C=O) groups excluding carboxylic acids is 2. The highest BCUT2D eigenvalue weighted by atomic mass is 19.1. The Morgan fingerprint density at radius 3 is 2.70 bits per heavy atom. The number of aryl methyl sites for hydroxylation is 1. The molecule has 1 heterocycles. The van der Waals surface area contributed by atoms with Gasteiger partial charge in [0, 0.05) is 12.1 Å². The SMILES string of the molecule is N/C(=C\N(N)Cc1ccc(F)cc1)C(=O)NC1c2cc3c(cc2CCC1COC=O)OCO3. The van der Waals surface area contributed by atoms with Crippen LogP contribution < -0.4 is 26.4 Å². The quantitative estimate of drug-likeness (QED) is 0.237. The second-order valence-corrected chi connectivity index (χ2v) is 7.97. The molecule has 2 aromatic rings. The molecular formula is C23H25FN4O5. The van der Waals surface area contributed by atoms with E-state index in [2.05, 4.69) is 5.32 Å². The molecule has 2 aromatic carbocycles. The van der Waals surface area contributed by atoms with Crippen molar-refractivity contribution < 1.29 is 28.2 Å². The number of hydrazine groups is 1. The summed E-state index contributed by atoms with van der Waals surface area (Å²) in [6.07, 6.45) is 2.76. The summed E-state index contributed by atoms with van der Waals surface area (Å²) in [5.41, 5.74) is 8.55. The van der Waals surface area contributed by atoms with Crippen LogP contribution in [-0.4, -0.2) is 30.8 Å². The Labute approximate surface area is 190 Å². The van der Waals surface area contributed by atoms with E-state index >= 15 is 0 Å². The Morgan fingerprint density at radius 1 is 1.24 bits per heavy atom. The van der Waals surface area contributed by atoms with Crippen LogP contribution >= 0.6 is 0 Å². The van der Waals surface area contributed by atoms with Gasteiger partial charge >= 0.3 is 0 Å². The van der Waals surface area contributed by atoms with E-state index in [9.17, 15) is 14.0 Å². The average molecular weight is 456 g/mol. The third-order valence-electron chi connectivity index (χ3n) is 5.74. The van der Waals surface area contributed by atoms with Gasteiger partial charge in [0.15, 0.2) is 11.5 Å². The molecule has 33 heavy (non-hydrogen) atoms. The summed E-state index contributed by atoms with van der Waals surface area (Å²) in [6, 6.07) is 9.16. The summed E-state index contributed by atoms with van der Waals surface area (Å²) in [7, 11) is 0. The molecule has 2 atom stereocenters. The maximum atomic E-state index is 13.1. The number of amides is 1. The lowest BCUT2D eigenvalue weighted by Gasteiger charge is -2.34. The van der Waals surface area contributed by atoms with Crippen molar-refractivity contribution in [3.8, 4) is 11.5 Å². The number of nitrogens with two attached hydrogens (primary N) is 2. The summed E-state index contributed by atoms with van der Waals surface area (Å²) in [5.74, 6) is 6.22. The lowest BCUT2D eigenvalue weighted by molar-refractivity contribution is -0.130. The number of nitrogens with zero attached hydrogens (tertiary/aromatic N) is 1. The van der Waals surface area contributed by atoms with Gasteiger partial charge in [-0.25, -0.2) is 10.2 Å². The first-order valence-corrected chi connectivity index (χ1v) is 10.5. The van der Waals surface area contributed by atoms with E-state index in [-0.39, 0.29) is 37.4 Å². The number of benzene rings is 2. The fourth-order valence-electron chi connectivity index (χ4n) is 4.11. The summed E-state index contributed by atoms with van der Waals surface area (Å²) < 4.78 is 29.0. The normalized spacial score (nSPS) is 18.9. The van der Waals surface area contributed by atoms with Crippen molar-refractivity contribution in [2.75, 3.05) is 13.4 Å². The first-order chi connectivity index (χ1) is 15.9. The summed E-state index contributed by atoms with van der Waals surface area (Å²) >= 11 is 0. The van der Waals surface area contributed by atoms with Gasteiger partial charge in [0.05, 0.1) is 19.2 Å². The highest BCUT2D eigenvalue weighted by Crippen LogP contribution is 2.42. The number of hydrogen-bond donors (Lipinski definition) is 3. The fourth-order valence-corrected chi connectivity index (χ4v) is 4.11. The van der Waals surface area contributed by atoms with Gasteiger partial charge in [0.1, 0.15) is 11.5 Å². The minimum absolute atomic E-state index is 0.0949. The van der Waals surface area contributed by atoms with Gasteiger partial charge in [-0.15, -0.1) is 0 Å². The van der Waals surface area contributed by atoms with E-state index in [1.54, 1.807) is 12.1 Å². The van der Waals surface area contributed by atoms with Crippen molar-refractivity contribution in [3.05, 3.63) is 70.8 Å². The molecule has 5 N–H and O–H groups in total. The topological polar surface area (TPSA) is 129 Å². The fraction of sp³-hybridized carbons (Fsp3) is 0.304. The average Bonchev–Trinajstić information content (AvgIpc) is 3.26. The molecule has 1 aliphatic carbocycles. The van der Waals surface area contributed by atoms with Gasteiger partial charge in [-0.1, -0.05) is 12.1 Å². The molecular weight excluding hydrogens is 431 g/mol. The molecule has 1 aliphatic heterocycles. The number of rotatable bonds is 8. The summed E-state index contributed by atoms with van der Waals surface area (Å²) in [4.78, 5) is 23.7. The van der Waals surface area contributed by atoms with Gasteiger partial charge < -0.3 is 30.3 Å². The second kappa shape index (κ2) is 9.78. The zero-order valence-corrected chi connectivity index (χ0v) is 17.8. The minimum atomic E-state index is -0.517. The lowest BCUT2D eigenvalue weighted by Crippen LogP contribution is -2.40. The van der Waals surface area contributed by atoms with Crippen LogP contribution in [-0.2, 0) is 27.3 Å². The monoisotopic (exact) mass is 456 g/mol. The molecule has 4 rings (SSSR count). The second-order valence-electron chi connectivity index (χ2n) is 7.97. The predicted octanol–water partition coefficient (Wildman–Crippen LogP) is 1.62. The molecule has 0 saturated heterocycles. The Balaban J connectivity index is 1.50. The van der Waals surface area contributed by atoms with Gasteiger partial charge in [0.25, 0.3) is 12.4 Å². The van der Waals surface area contributed by atoms with Crippen LogP contribution in [0.1, 0.15) is 29.2 Å². The van der Waals surface area contributed by atoms with E-state index < -0.39 is 11.9 Å². The highest BCUT2D eigenvalue weighted by Gasteiger charge is 2.34. The maximum absolute atomic E-state index is 13.1. The van der Waals surface area contributed by atoms with E-state index in [0.29, 0.717) is 24.4 Å². The van der Waals surface area contributed by atoms with Crippen LogP contribution in [0.15, 0.2) is 48.3 Å². The van der Waals surface area contributed by atoms with Crippen LogP contribution in [0, 0.1) is 11.7 Å². The number of nitrogens with one attached hydrogen (secondary N) is 1. The Morgan fingerprint density at radius 2 is 1.97 bits per heavy atom. The largest absolute Gasteiger partial charge is 0.468 e. The molecule has 0 fully saturated rings. The van der Waals surface area contributed by atoms with Crippen LogP contribution in [0.5, 0.6) is 11.5 Å². The Bertz CT molecular complexity index is 1060. The number of hydrogen-bond acceptors (Lipinski definition) is 8. The molecule has 0 spiro atoms. The lowest BCUT2D eigenvalue weighted by atomic mass is 9.79. The van der Waals surface area contributed by atoms with Gasteiger partial charge in [-0.2, -0.15) is 0 Å². The van der Waals surface area contributed by atoms with Crippen molar-refractivity contribution in [2.24, 2.45) is 17.5 Å². The Hall–Kier alpha value is -3.79.